The standard InChI is InChI=1S/C23H23N5O3/c1-16-6-8-17(9-7-16)27-15-12-21(25-27)24-22(29)26-13-10-18(11-14-26)28-19-4-2-3-5-20(19)31-23(28)30/h2-9,12,15,18H,10-11,13-14H2,1H3,(H,24,25,29). The molecule has 3 heterocycles. The van der Waals surface area contributed by atoms with E-state index in [2.05, 4.69) is 10.4 Å². The molecule has 31 heavy (non-hydrogen) atoms. The molecule has 8 heteroatoms. The number of carbonyl (C=O) groups excluding carboxylic acids is 1. The van der Waals surface area contributed by atoms with Gasteiger partial charge in [-0.3, -0.25) is 9.88 Å². The van der Waals surface area contributed by atoms with Crippen molar-refractivity contribution in [2.24, 2.45) is 0 Å². The normalized spacial score (nSPS) is 14.8. The molecular weight excluding hydrogens is 394 g/mol. The van der Waals surface area contributed by atoms with Gasteiger partial charge in [0, 0.05) is 31.4 Å². The number of fused-ring (bicyclic) bond motifs is 1. The second-order valence-electron chi connectivity index (χ2n) is 7.84. The number of oxazole rings is 1. The topological polar surface area (TPSA) is 85.3 Å². The molecule has 0 saturated carbocycles. The molecule has 8 nitrogen and oxygen atoms in total. The summed E-state index contributed by atoms with van der Waals surface area (Å²) >= 11 is 0. The summed E-state index contributed by atoms with van der Waals surface area (Å²) in [6.07, 6.45) is 3.20. The molecule has 2 amide bonds. The smallest absolute Gasteiger partial charge is 0.408 e. The van der Waals surface area contributed by atoms with Crippen LogP contribution in [0.5, 0.6) is 0 Å². The number of aryl methyl sites for hydroxylation is 1. The first-order chi connectivity index (χ1) is 15.1. The van der Waals surface area contributed by atoms with Gasteiger partial charge in [-0.1, -0.05) is 29.8 Å². The molecule has 2 aromatic carbocycles. The zero-order chi connectivity index (χ0) is 21.4. The van der Waals surface area contributed by atoms with E-state index in [0.717, 1.165) is 11.2 Å². The molecule has 0 bridgehead atoms. The van der Waals surface area contributed by atoms with Crippen LogP contribution in [0.15, 0.2) is 70.0 Å². The quantitative estimate of drug-likeness (QED) is 0.547. The number of rotatable bonds is 3. The predicted molar refractivity (Wildman–Crippen MR) is 118 cm³/mol. The summed E-state index contributed by atoms with van der Waals surface area (Å²) in [5.74, 6) is 0.162. The number of aromatic nitrogens is 3. The Balaban J connectivity index is 1.23. The summed E-state index contributed by atoms with van der Waals surface area (Å²) in [6, 6.07) is 17.1. The molecule has 0 radical (unpaired) electrons. The van der Waals surface area contributed by atoms with Crippen molar-refractivity contribution in [2.75, 3.05) is 18.4 Å². The van der Waals surface area contributed by atoms with Crippen molar-refractivity contribution in [3.05, 3.63) is 76.9 Å². The van der Waals surface area contributed by atoms with Crippen LogP contribution >= 0.6 is 0 Å². The van der Waals surface area contributed by atoms with Gasteiger partial charge in [-0.15, -0.1) is 5.10 Å². The predicted octanol–water partition coefficient (Wildman–Crippen LogP) is 3.96. The van der Waals surface area contributed by atoms with E-state index in [1.54, 1.807) is 26.3 Å². The van der Waals surface area contributed by atoms with Gasteiger partial charge >= 0.3 is 11.8 Å². The van der Waals surface area contributed by atoms with Crippen molar-refractivity contribution < 1.29 is 9.21 Å². The maximum absolute atomic E-state index is 12.7. The SMILES string of the molecule is Cc1ccc(-n2ccc(NC(=O)N3CCC(n4c(=O)oc5ccccc54)CC3)n2)cc1. The summed E-state index contributed by atoms with van der Waals surface area (Å²) in [6.45, 7) is 3.15. The van der Waals surface area contributed by atoms with Gasteiger partial charge in [0.05, 0.1) is 11.2 Å². The van der Waals surface area contributed by atoms with Gasteiger partial charge in [0.2, 0.25) is 0 Å². The number of urea groups is 1. The molecule has 0 spiro atoms. The van der Waals surface area contributed by atoms with Gasteiger partial charge in [0.1, 0.15) is 0 Å². The number of anilines is 1. The average molecular weight is 417 g/mol. The lowest BCUT2D eigenvalue weighted by molar-refractivity contribution is 0.182. The zero-order valence-electron chi connectivity index (χ0n) is 17.2. The van der Waals surface area contributed by atoms with Gasteiger partial charge in [-0.25, -0.2) is 14.3 Å². The van der Waals surface area contributed by atoms with Crippen molar-refractivity contribution in [3.8, 4) is 5.69 Å². The second kappa shape index (κ2) is 7.79. The molecule has 158 valence electrons. The fourth-order valence-corrected chi connectivity index (χ4v) is 4.08. The number of benzene rings is 2. The van der Waals surface area contributed by atoms with E-state index in [-0.39, 0.29) is 17.8 Å². The van der Waals surface area contributed by atoms with E-state index >= 15 is 0 Å². The molecule has 0 aliphatic carbocycles. The number of amides is 2. The van der Waals surface area contributed by atoms with Crippen molar-refractivity contribution in [3.63, 3.8) is 0 Å². The van der Waals surface area contributed by atoms with Crippen molar-refractivity contribution >= 4 is 22.9 Å². The highest BCUT2D eigenvalue weighted by Gasteiger charge is 2.27. The number of nitrogens with zero attached hydrogens (tertiary/aromatic N) is 4. The van der Waals surface area contributed by atoms with Crippen LogP contribution in [-0.4, -0.2) is 38.4 Å². The monoisotopic (exact) mass is 417 g/mol. The number of carbonyl (C=O) groups is 1. The number of para-hydroxylation sites is 2. The Hall–Kier alpha value is -3.81. The first-order valence-electron chi connectivity index (χ1n) is 10.4. The second-order valence-corrected chi connectivity index (χ2v) is 7.84. The Kier molecular flexibility index (Phi) is 4.82. The maximum Gasteiger partial charge on any atom is 0.420 e. The van der Waals surface area contributed by atoms with Gasteiger partial charge in [0.25, 0.3) is 0 Å². The van der Waals surface area contributed by atoms with Crippen LogP contribution < -0.4 is 11.1 Å². The van der Waals surface area contributed by atoms with E-state index in [0.29, 0.717) is 37.3 Å². The fraction of sp³-hybridized carbons (Fsp3) is 0.261. The van der Waals surface area contributed by atoms with Crippen LogP contribution in [-0.2, 0) is 0 Å². The molecule has 0 atom stereocenters. The minimum Gasteiger partial charge on any atom is -0.408 e. The minimum absolute atomic E-state index is 0.0148. The highest BCUT2D eigenvalue weighted by Crippen LogP contribution is 2.26. The van der Waals surface area contributed by atoms with E-state index < -0.39 is 0 Å². The third-order valence-electron chi connectivity index (χ3n) is 5.76. The van der Waals surface area contributed by atoms with E-state index in [1.165, 1.54) is 5.56 Å². The molecule has 1 saturated heterocycles. The molecule has 2 aromatic heterocycles. The Bertz CT molecular complexity index is 1280. The van der Waals surface area contributed by atoms with Crippen molar-refractivity contribution in [1.29, 1.82) is 0 Å². The Morgan fingerprint density at radius 2 is 1.81 bits per heavy atom. The summed E-state index contributed by atoms with van der Waals surface area (Å²) < 4.78 is 8.80. The van der Waals surface area contributed by atoms with Crippen LogP contribution in [0.3, 0.4) is 0 Å². The Labute approximate surface area is 178 Å². The zero-order valence-corrected chi connectivity index (χ0v) is 17.2. The van der Waals surface area contributed by atoms with Gasteiger partial charge in [-0.2, -0.15) is 0 Å². The minimum atomic E-state index is -0.342. The molecule has 4 aromatic rings. The number of likely N-dealkylation sites (tertiary alicyclic amines) is 1. The largest absolute Gasteiger partial charge is 0.420 e. The summed E-state index contributed by atoms with van der Waals surface area (Å²) in [5, 5.41) is 7.32. The van der Waals surface area contributed by atoms with Crippen LogP contribution in [0.1, 0.15) is 24.4 Å². The molecule has 1 N–H and O–H groups in total. The van der Waals surface area contributed by atoms with Crippen LogP contribution in [0.2, 0.25) is 0 Å². The first kappa shape index (κ1) is 19.2. The highest BCUT2D eigenvalue weighted by atomic mass is 16.4. The maximum atomic E-state index is 12.7. The third-order valence-corrected chi connectivity index (χ3v) is 5.76. The molecule has 5 rings (SSSR count). The van der Waals surface area contributed by atoms with E-state index in [4.69, 9.17) is 4.42 Å². The lowest BCUT2D eigenvalue weighted by atomic mass is 10.0. The molecular formula is C23H23N5O3. The lowest BCUT2D eigenvalue weighted by Gasteiger charge is -2.32. The molecule has 1 fully saturated rings. The van der Waals surface area contributed by atoms with E-state index in [1.807, 2.05) is 55.6 Å². The number of hydrogen-bond donors (Lipinski definition) is 1. The van der Waals surface area contributed by atoms with Gasteiger partial charge in [0.15, 0.2) is 11.4 Å². The third kappa shape index (κ3) is 3.72. The van der Waals surface area contributed by atoms with E-state index in [9.17, 15) is 9.59 Å². The fourth-order valence-electron chi connectivity index (χ4n) is 4.08. The van der Waals surface area contributed by atoms with Crippen LogP contribution in [0.4, 0.5) is 10.6 Å². The summed E-state index contributed by atoms with van der Waals surface area (Å²) in [4.78, 5) is 26.8. The van der Waals surface area contributed by atoms with Gasteiger partial charge < -0.3 is 9.32 Å². The number of nitrogens with one attached hydrogen (secondary N) is 1. The number of piperidine rings is 1. The van der Waals surface area contributed by atoms with Crippen LogP contribution in [0, 0.1) is 6.92 Å². The lowest BCUT2D eigenvalue weighted by Crippen LogP contribution is -2.42. The van der Waals surface area contributed by atoms with Gasteiger partial charge in [-0.05, 0) is 44.0 Å². The van der Waals surface area contributed by atoms with Crippen LogP contribution in [0.25, 0.3) is 16.8 Å². The molecule has 1 aliphatic heterocycles. The Morgan fingerprint density at radius 3 is 2.58 bits per heavy atom. The average Bonchev–Trinajstić information content (AvgIpc) is 3.38. The molecule has 0 unspecified atom stereocenters. The highest BCUT2D eigenvalue weighted by molar-refractivity contribution is 5.88. The number of hydrogen-bond acceptors (Lipinski definition) is 4. The van der Waals surface area contributed by atoms with Crippen molar-refractivity contribution in [2.45, 2.75) is 25.8 Å². The summed E-state index contributed by atoms with van der Waals surface area (Å²) in [7, 11) is 0. The first-order valence-corrected chi connectivity index (χ1v) is 10.4. The summed E-state index contributed by atoms with van der Waals surface area (Å²) in [5.41, 5.74) is 3.51. The van der Waals surface area contributed by atoms with Crippen molar-refractivity contribution in [1.82, 2.24) is 19.2 Å². The molecule has 1 aliphatic rings. The Morgan fingerprint density at radius 1 is 1.06 bits per heavy atom.